The Bertz CT molecular complexity index is 204. The smallest absolute Gasteiger partial charge is 0.0474 e. The molecule has 1 heterocycles. The third-order valence-corrected chi connectivity index (χ3v) is 4.19. The van der Waals surface area contributed by atoms with Crippen LogP contribution in [0, 0.1) is 5.92 Å². The summed E-state index contributed by atoms with van der Waals surface area (Å²) in [5, 5.41) is 16.5. The molecule has 4 atom stereocenters. The van der Waals surface area contributed by atoms with Crippen LogP contribution in [0.4, 0.5) is 0 Å². The molecule has 3 heteroatoms. The third kappa shape index (κ3) is 3.19. The molecule has 0 aromatic heterocycles. The van der Waals surface area contributed by atoms with E-state index in [1.165, 1.54) is 45.1 Å². The maximum absolute atomic E-state index is 9.28. The lowest BCUT2D eigenvalue weighted by Gasteiger charge is -2.25. The first-order valence-electron chi connectivity index (χ1n) is 6.90. The minimum Gasteiger partial charge on any atom is -0.396 e. The van der Waals surface area contributed by atoms with E-state index in [1.54, 1.807) is 0 Å². The van der Waals surface area contributed by atoms with Crippen molar-refractivity contribution < 1.29 is 5.11 Å². The standard InChI is InChI=1S/C13H26N2O/c1-10(8-12-5-3-7-14-12)15-13-6-2-4-11(13)9-16/h10-16H,2-9H2,1H3. The highest BCUT2D eigenvalue weighted by Crippen LogP contribution is 2.26. The Hall–Kier alpha value is -0.120. The van der Waals surface area contributed by atoms with Gasteiger partial charge in [-0.3, -0.25) is 0 Å². The zero-order valence-electron chi connectivity index (χ0n) is 10.4. The first-order valence-corrected chi connectivity index (χ1v) is 6.90. The molecule has 2 aliphatic rings. The minimum absolute atomic E-state index is 0.353. The summed E-state index contributed by atoms with van der Waals surface area (Å²) in [5.74, 6) is 0.499. The molecule has 0 bridgehead atoms. The molecule has 0 spiro atoms. The van der Waals surface area contributed by atoms with Gasteiger partial charge < -0.3 is 15.7 Å². The van der Waals surface area contributed by atoms with Gasteiger partial charge in [-0.1, -0.05) is 6.42 Å². The number of rotatable bonds is 5. The fourth-order valence-corrected chi connectivity index (χ4v) is 3.29. The number of hydrogen-bond donors (Lipinski definition) is 3. The molecule has 4 unspecified atom stereocenters. The summed E-state index contributed by atoms with van der Waals surface area (Å²) in [6.45, 7) is 3.83. The van der Waals surface area contributed by atoms with Gasteiger partial charge in [0.25, 0.3) is 0 Å². The van der Waals surface area contributed by atoms with Gasteiger partial charge in [-0.15, -0.1) is 0 Å². The Labute approximate surface area is 99.0 Å². The summed E-state index contributed by atoms with van der Waals surface area (Å²) >= 11 is 0. The maximum atomic E-state index is 9.28. The van der Waals surface area contributed by atoms with Crippen LogP contribution in [0.15, 0.2) is 0 Å². The quantitative estimate of drug-likeness (QED) is 0.661. The van der Waals surface area contributed by atoms with Crippen LogP contribution in [0.1, 0.15) is 45.4 Å². The molecule has 1 saturated carbocycles. The monoisotopic (exact) mass is 226 g/mol. The lowest BCUT2D eigenvalue weighted by molar-refractivity contribution is 0.198. The zero-order valence-corrected chi connectivity index (χ0v) is 10.4. The number of nitrogens with one attached hydrogen (secondary N) is 2. The molecule has 0 aromatic rings. The first kappa shape index (κ1) is 12.3. The van der Waals surface area contributed by atoms with Crippen molar-refractivity contribution in [2.24, 2.45) is 5.92 Å². The van der Waals surface area contributed by atoms with E-state index in [9.17, 15) is 5.11 Å². The normalized spacial score (nSPS) is 36.8. The maximum Gasteiger partial charge on any atom is 0.0474 e. The van der Waals surface area contributed by atoms with Gasteiger partial charge in [-0.2, -0.15) is 0 Å². The van der Waals surface area contributed by atoms with Crippen molar-refractivity contribution in [2.45, 2.75) is 63.6 Å². The second kappa shape index (κ2) is 5.99. The highest BCUT2D eigenvalue weighted by molar-refractivity contribution is 4.86. The topological polar surface area (TPSA) is 44.3 Å². The summed E-state index contributed by atoms with van der Waals surface area (Å²) in [6, 6.07) is 1.85. The van der Waals surface area contributed by atoms with Crippen LogP contribution < -0.4 is 10.6 Å². The van der Waals surface area contributed by atoms with Gasteiger partial charge in [0.2, 0.25) is 0 Å². The van der Waals surface area contributed by atoms with Crippen LogP contribution in [-0.2, 0) is 0 Å². The zero-order chi connectivity index (χ0) is 11.4. The molecule has 3 N–H and O–H groups in total. The molecule has 1 aliphatic carbocycles. The van der Waals surface area contributed by atoms with Crippen molar-refractivity contribution in [3.63, 3.8) is 0 Å². The fourth-order valence-electron chi connectivity index (χ4n) is 3.29. The molecule has 94 valence electrons. The second-order valence-corrected chi connectivity index (χ2v) is 5.58. The van der Waals surface area contributed by atoms with Crippen molar-refractivity contribution in [3.05, 3.63) is 0 Å². The van der Waals surface area contributed by atoms with Crippen LogP contribution in [-0.4, -0.2) is 36.4 Å². The lowest BCUT2D eigenvalue weighted by Crippen LogP contribution is -2.42. The van der Waals surface area contributed by atoms with E-state index in [4.69, 9.17) is 0 Å². The van der Waals surface area contributed by atoms with Gasteiger partial charge in [0.1, 0.15) is 0 Å². The average Bonchev–Trinajstić information content (AvgIpc) is 2.88. The SMILES string of the molecule is CC(CC1CCCN1)NC1CCCC1CO. The average molecular weight is 226 g/mol. The molecule has 2 rings (SSSR count). The predicted molar refractivity (Wildman–Crippen MR) is 66.5 cm³/mol. The van der Waals surface area contributed by atoms with E-state index in [2.05, 4.69) is 17.6 Å². The molecule has 0 aromatic carbocycles. The van der Waals surface area contributed by atoms with E-state index in [-0.39, 0.29) is 0 Å². The van der Waals surface area contributed by atoms with Gasteiger partial charge in [-0.05, 0) is 51.5 Å². The minimum atomic E-state index is 0.353. The molecule has 1 aliphatic heterocycles. The largest absolute Gasteiger partial charge is 0.396 e. The third-order valence-electron chi connectivity index (χ3n) is 4.19. The van der Waals surface area contributed by atoms with Gasteiger partial charge in [0.15, 0.2) is 0 Å². The van der Waals surface area contributed by atoms with E-state index in [0.717, 1.165) is 6.04 Å². The summed E-state index contributed by atoms with van der Waals surface area (Å²) in [7, 11) is 0. The highest BCUT2D eigenvalue weighted by atomic mass is 16.3. The van der Waals surface area contributed by atoms with Gasteiger partial charge in [0, 0.05) is 24.7 Å². The van der Waals surface area contributed by atoms with Gasteiger partial charge in [0.05, 0.1) is 0 Å². The molecule has 2 fully saturated rings. The molecule has 1 saturated heterocycles. The van der Waals surface area contributed by atoms with Crippen molar-refractivity contribution in [1.29, 1.82) is 0 Å². The fraction of sp³-hybridized carbons (Fsp3) is 1.00. The molecule has 0 radical (unpaired) electrons. The van der Waals surface area contributed by atoms with Crippen molar-refractivity contribution in [3.8, 4) is 0 Å². The first-order chi connectivity index (χ1) is 7.79. The van der Waals surface area contributed by atoms with Crippen molar-refractivity contribution >= 4 is 0 Å². The van der Waals surface area contributed by atoms with Crippen LogP contribution in [0.5, 0.6) is 0 Å². The number of aliphatic hydroxyl groups is 1. The molecular weight excluding hydrogens is 200 g/mol. The lowest BCUT2D eigenvalue weighted by atomic mass is 10.0. The Balaban J connectivity index is 1.71. The van der Waals surface area contributed by atoms with E-state index < -0.39 is 0 Å². The van der Waals surface area contributed by atoms with Crippen LogP contribution >= 0.6 is 0 Å². The Morgan fingerprint density at radius 2 is 2.19 bits per heavy atom. The molecule has 3 nitrogen and oxygen atoms in total. The summed E-state index contributed by atoms with van der Waals surface area (Å²) in [4.78, 5) is 0. The summed E-state index contributed by atoms with van der Waals surface area (Å²) in [6.07, 6.45) is 7.61. The molecular formula is C13H26N2O. The van der Waals surface area contributed by atoms with Gasteiger partial charge >= 0.3 is 0 Å². The van der Waals surface area contributed by atoms with Crippen LogP contribution in [0.3, 0.4) is 0 Å². The van der Waals surface area contributed by atoms with Crippen molar-refractivity contribution in [1.82, 2.24) is 10.6 Å². The number of hydrogen-bond acceptors (Lipinski definition) is 3. The summed E-state index contributed by atoms with van der Waals surface area (Å²) in [5.41, 5.74) is 0. The Kier molecular flexibility index (Phi) is 4.62. The van der Waals surface area contributed by atoms with E-state index in [1.807, 2.05) is 0 Å². The Morgan fingerprint density at radius 1 is 1.31 bits per heavy atom. The van der Waals surface area contributed by atoms with E-state index in [0.29, 0.717) is 24.6 Å². The van der Waals surface area contributed by atoms with Crippen LogP contribution in [0.25, 0.3) is 0 Å². The molecule has 16 heavy (non-hydrogen) atoms. The Morgan fingerprint density at radius 3 is 2.88 bits per heavy atom. The summed E-state index contributed by atoms with van der Waals surface area (Å²) < 4.78 is 0. The van der Waals surface area contributed by atoms with E-state index >= 15 is 0 Å². The van der Waals surface area contributed by atoms with Crippen molar-refractivity contribution in [2.75, 3.05) is 13.2 Å². The van der Waals surface area contributed by atoms with Crippen LogP contribution in [0.2, 0.25) is 0 Å². The van der Waals surface area contributed by atoms with Gasteiger partial charge in [-0.25, -0.2) is 0 Å². The number of aliphatic hydroxyl groups excluding tert-OH is 1. The second-order valence-electron chi connectivity index (χ2n) is 5.58. The highest BCUT2D eigenvalue weighted by Gasteiger charge is 2.28. The molecule has 0 amide bonds. The predicted octanol–water partition coefficient (Wildman–Crippen LogP) is 1.27.